The Balaban J connectivity index is 1.45. The molecule has 0 saturated carbocycles. The molecule has 4 rings (SSSR count). The molecule has 0 aliphatic carbocycles. The first-order chi connectivity index (χ1) is 14.7. The van der Waals surface area contributed by atoms with Gasteiger partial charge in [0, 0.05) is 12.6 Å². The number of nitrogens with zero attached hydrogens (tertiary/aromatic N) is 3. The van der Waals surface area contributed by atoms with Crippen LogP contribution in [0.3, 0.4) is 0 Å². The lowest BCUT2D eigenvalue weighted by Crippen LogP contribution is -2.49. The van der Waals surface area contributed by atoms with E-state index in [-0.39, 0.29) is 18.2 Å². The van der Waals surface area contributed by atoms with Crippen LogP contribution in [0, 0.1) is 6.92 Å². The summed E-state index contributed by atoms with van der Waals surface area (Å²) >= 11 is 0. The molecule has 0 radical (unpaired) electrons. The van der Waals surface area contributed by atoms with Crippen molar-refractivity contribution in [3.63, 3.8) is 0 Å². The van der Waals surface area contributed by atoms with E-state index in [0.29, 0.717) is 19.0 Å². The molecule has 2 heterocycles. The maximum absolute atomic E-state index is 13.1. The number of nitrogens with one attached hydrogen (secondary N) is 1. The van der Waals surface area contributed by atoms with E-state index in [1.165, 1.54) is 0 Å². The average molecular weight is 402 g/mol. The van der Waals surface area contributed by atoms with Crippen LogP contribution in [0.1, 0.15) is 35.7 Å². The van der Waals surface area contributed by atoms with Crippen molar-refractivity contribution in [1.82, 2.24) is 20.4 Å². The Kier molecular flexibility index (Phi) is 6.23. The molecule has 154 valence electrons. The zero-order valence-electron chi connectivity index (χ0n) is 17.1. The maximum atomic E-state index is 13.1. The van der Waals surface area contributed by atoms with E-state index in [0.717, 1.165) is 29.7 Å². The van der Waals surface area contributed by atoms with Crippen LogP contribution in [0.5, 0.6) is 5.88 Å². The van der Waals surface area contributed by atoms with Crippen molar-refractivity contribution < 1.29 is 9.53 Å². The van der Waals surface area contributed by atoms with Gasteiger partial charge in [0.2, 0.25) is 5.88 Å². The van der Waals surface area contributed by atoms with Gasteiger partial charge in [0.05, 0.1) is 18.3 Å². The van der Waals surface area contributed by atoms with Gasteiger partial charge in [-0.25, -0.2) is 4.79 Å². The van der Waals surface area contributed by atoms with Gasteiger partial charge in [-0.1, -0.05) is 60.7 Å². The molecule has 0 bridgehead atoms. The molecule has 1 aromatic heterocycles. The van der Waals surface area contributed by atoms with Crippen LogP contribution in [0.25, 0.3) is 0 Å². The van der Waals surface area contributed by atoms with Gasteiger partial charge in [-0.15, -0.1) is 5.10 Å². The highest BCUT2D eigenvalue weighted by Crippen LogP contribution is 2.23. The van der Waals surface area contributed by atoms with Crippen LogP contribution < -0.4 is 10.1 Å². The summed E-state index contributed by atoms with van der Waals surface area (Å²) < 4.78 is 5.97. The zero-order valence-corrected chi connectivity index (χ0v) is 17.1. The minimum absolute atomic E-state index is 0.0870. The second-order valence-corrected chi connectivity index (χ2v) is 7.54. The molecule has 1 fully saturated rings. The Hall–Kier alpha value is -3.41. The molecular weight excluding hydrogens is 376 g/mol. The molecule has 2 aromatic carbocycles. The first-order valence-corrected chi connectivity index (χ1v) is 10.3. The Morgan fingerprint density at radius 2 is 1.67 bits per heavy atom. The lowest BCUT2D eigenvalue weighted by Gasteiger charge is -2.34. The van der Waals surface area contributed by atoms with Gasteiger partial charge in [-0.3, -0.25) is 0 Å². The third kappa shape index (κ3) is 4.95. The number of aryl methyl sites for hydroxylation is 1. The van der Waals surface area contributed by atoms with Gasteiger partial charge in [-0.05, 0) is 37.0 Å². The van der Waals surface area contributed by atoms with E-state index >= 15 is 0 Å². The molecule has 1 N–H and O–H groups in total. The number of benzene rings is 2. The predicted octanol–water partition coefficient (Wildman–Crippen LogP) is 4.13. The van der Waals surface area contributed by atoms with Crippen LogP contribution in [-0.4, -0.2) is 40.3 Å². The van der Waals surface area contributed by atoms with Crippen LogP contribution in [0.4, 0.5) is 4.79 Å². The summed E-state index contributed by atoms with van der Waals surface area (Å²) in [6, 6.07) is 23.5. The summed E-state index contributed by atoms with van der Waals surface area (Å²) in [4.78, 5) is 15.0. The second-order valence-electron chi connectivity index (χ2n) is 7.54. The number of likely N-dealkylation sites (tertiary alicyclic amines) is 1. The number of piperidine rings is 1. The lowest BCUT2D eigenvalue weighted by atomic mass is 9.99. The number of carbonyl (C=O) groups excluding carboxylic acids is 1. The number of aromatic nitrogens is 2. The fourth-order valence-electron chi connectivity index (χ4n) is 3.70. The first kappa shape index (κ1) is 19.9. The molecule has 6 heteroatoms. The maximum Gasteiger partial charge on any atom is 0.318 e. The molecule has 30 heavy (non-hydrogen) atoms. The van der Waals surface area contributed by atoms with Crippen molar-refractivity contribution in [1.29, 1.82) is 0 Å². The number of hydrogen-bond donors (Lipinski definition) is 1. The summed E-state index contributed by atoms with van der Waals surface area (Å²) in [5.74, 6) is 0.499. The molecule has 1 saturated heterocycles. The van der Waals surface area contributed by atoms with Gasteiger partial charge in [0.25, 0.3) is 0 Å². The minimum atomic E-state index is -0.204. The fourth-order valence-corrected chi connectivity index (χ4v) is 3.70. The summed E-state index contributed by atoms with van der Waals surface area (Å²) in [5, 5.41) is 11.3. The van der Waals surface area contributed by atoms with Crippen molar-refractivity contribution in [3.05, 3.63) is 89.6 Å². The molecule has 3 aromatic rings. The average Bonchev–Trinajstić information content (AvgIpc) is 2.80. The van der Waals surface area contributed by atoms with E-state index in [1.807, 2.05) is 84.6 Å². The highest BCUT2D eigenvalue weighted by atomic mass is 16.5. The molecule has 1 aliphatic heterocycles. The van der Waals surface area contributed by atoms with Gasteiger partial charge < -0.3 is 15.0 Å². The van der Waals surface area contributed by atoms with Gasteiger partial charge >= 0.3 is 6.03 Å². The topological polar surface area (TPSA) is 67.3 Å². The number of ether oxygens (including phenoxy) is 1. The van der Waals surface area contributed by atoms with E-state index in [2.05, 4.69) is 15.5 Å². The number of carbonyl (C=O) groups is 1. The molecule has 1 aliphatic rings. The van der Waals surface area contributed by atoms with Crippen molar-refractivity contribution in [3.8, 4) is 5.88 Å². The third-order valence-electron chi connectivity index (χ3n) is 5.26. The van der Waals surface area contributed by atoms with Crippen molar-refractivity contribution in [2.24, 2.45) is 0 Å². The van der Waals surface area contributed by atoms with Crippen LogP contribution in [0.2, 0.25) is 0 Å². The summed E-state index contributed by atoms with van der Waals surface area (Å²) in [6.45, 7) is 3.12. The summed E-state index contributed by atoms with van der Waals surface area (Å²) in [6.07, 6.45) is 1.69. The van der Waals surface area contributed by atoms with E-state index < -0.39 is 0 Å². The number of rotatable bonds is 5. The van der Waals surface area contributed by atoms with Gasteiger partial charge in [0.15, 0.2) is 0 Å². The second kappa shape index (κ2) is 9.39. The van der Waals surface area contributed by atoms with Gasteiger partial charge in [0.1, 0.15) is 6.10 Å². The first-order valence-electron chi connectivity index (χ1n) is 10.3. The zero-order chi connectivity index (χ0) is 20.8. The Bertz CT molecular complexity index is 908. The Morgan fingerprint density at radius 3 is 2.27 bits per heavy atom. The van der Waals surface area contributed by atoms with Crippen molar-refractivity contribution >= 4 is 6.03 Å². The van der Waals surface area contributed by atoms with Crippen LogP contribution >= 0.6 is 0 Å². The largest absolute Gasteiger partial charge is 0.471 e. The highest BCUT2D eigenvalue weighted by molar-refractivity contribution is 5.75. The minimum Gasteiger partial charge on any atom is -0.471 e. The van der Waals surface area contributed by atoms with Gasteiger partial charge in [-0.2, -0.15) is 5.10 Å². The standard InChI is InChI=1S/C24H26N4O2/c1-18-14-15-22(27-26-18)30-21-13-8-16-28(17-21)24(29)25-23(19-9-4-2-5-10-19)20-11-6-3-7-12-20/h2-7,9-12,14-15,21,23H,8,13,16-17H2,1H3,(H,25,29). The third-order valence-corrected chi connectivity index (χ3v) is 5.26. The predicted molar refractivity (Wildman–Crippen MR) is 115 cm³/mol. The van der Waals surface area contributed by atoms with Crippen LogP contribution in [-0.2, 0) is 0 Å². The van der Waals surface area contributed by atoms with E-state index in [1.54, 1.807) is 0 Å². The quantitative estimate of drug-likeness (QED) is 0.697. The highest BCUT2D eigenvalue weighted by Gasteiger charge is 2.27. The van der Waals surface area contributed by atoms with E-state index in [9.17, 15) is 4.79 Å². The smallest absolute Gasteiger partial charge is 0.318 e. The van der Waals surface area contributed by atoms with Crippen LogP contribution in [0.15, 0.2) is 72.8 Å². The van der Waals surface area contributed by atoms with Crippen molar-refractivity contribution in [2.75, 3.05) is 13.1 Å². The van der Waals surface area contributed by atoms with Crippen molar-refractivity contribution in [2.45, 2.75) is 31.9 Å². The molecule has 6 nitrogen and oxygen atoms in total. The number of hydrogen-bond acceptors (Lipinski definition) is 4. The molecular formula is C24H26N4O2. The Morgan fingerprint density at radius 1 is 1.00 bits per heavy atom. The Labute approximate surface area is 176 Å². The monoisotopic (exact) mass is 402 g/mol. The molecule has 1 unspecified atom stereocenters. The fraction of sp³-hybridized carbons (Fsp3) is 0.292. The number of amides is 2. The van der Waals surface area contributed by atoms with E-state index in [4.69, 9.17) is 4.74 Å². The molecule has 1 atom stereocenters. The number of urea groups is 1. The summed E-state index contributed by atoms with van der Waals surface area (Å²) in [5.41, 5.74) is 2.95. The molecule has 2 amide bonds. The molecule has 0 spiro atoms. The SMILES string of the molecule is Cc1ccc(OC2CCCN(C(=O)NC(c3ccccc3)c3ccccc3)C2)nn1. The summed E-state index contributed by atoms with van der Waals surface area (Å²) in [7, 11) is 0. The lowest BCUT2D eigenvalue weighted by molar-refractivity contribution is 0.0963. The normalized spacial score (nSPS) is 16.3.